The molecule has 0 aliphatic heterocycles. The van der Waals surface area contributed by atoms with Gasteiger partial charge >= 0.3 is 6.18 Å². The number of methoxy groups -OCH3 is 1. The largest absolute Gasteiger partial charge is 0.405 e. The number of carbonyl (C=O) groups is 1. The molecule has 0 saturated heterocycles. The van der Waals surface area contributed by atoms with Crippen LogP contribution in [0.25, 0.3) is 5.57 Å². The van der Waals surface area contributed by atoms with E-state index in [9.17, 15) is 4.79 Å². The molecule has 4 aromatic rings. The van der Waals surface area contributed by atoms with Crippen molar-refractivity contribution in [1.29, 1.82) is 0 Å². The van der Waals surface area contributed by atoms with E-state index in [-0.39, 0.29) is 22.3 Å². The van der Waals surface area contributed by atoms with Gasteiger partial charge in [0, 0.05) is 18.4 Å². The topological polar surface area (TPSA) is 52.3 Å². The highest BCUT2D eigenvalue weighted by Crippen LogP contribution is 2.74. The predicted molar refractivity (Wildman–Crippen MR) is 155 cm³/mol. The Morgan fingerprint density at radius 3 is 1.55 bits per heavy atom. The lowest BCUT2D eigenvalue weighted by Gasteiger charge is -2.64. The van der Waals surface area contributed by atoms with Gasteiger partial charge in [0.15, 0.2) is 4.87 Å². The Balaban J connectivity index is 2.22. The van der Waals surface area contributed by atoms with Crippen LogP contribution in [-0.4, -0.2) is 24.9 Å². The van der Waals surface area contributed by atoms with Crippen LogP contribution in [-0.2, 0) is 25.2 Å². The van der Waals surface area contributed by atoms with Crippen LogP contribution in [0.3, 0.4) is 0 Å². The van der Waals surface area contributed by atoms with Crippen molar-refractivity contribution < 1.29 is 27.1 Å². The monoisotopic (exact) mass is 593 g/mol. The summed E-state index contributed by atoms with van der Waals surface area (Å²) in [6, 6.07) is 29.2. The van der Waals surface area contributed by atoms with Crippen molar-refractivity contribution in [3.8, 4) is 0 Å². The van der Waals surface area contributed by atoms with E-state index in [0.29, 0.717) is 0 Å². The van der Waals surface area contributed by atoms with Crippen molar-refractivity contribution in [1.82, 2.24) is 0 Å². The fourth-order valence-electron chi connectivity index (χ4n) is 6.90. The number of hydrogen-bond donors (Lipinski definition) is 1. The molecule has 3 nitrogen and oxygen atoms in total. The second-order valence-corrected chi connectivity index (χ2v) is 10.8. The van der Waals surface area contributed by atoms with E-state index in [1.165, 1.54) is 84.9 Å². The Hall–Kier alpha value is -3.94. The molecule has 0 saturated carbocycles. The molecule has 0 radical (unpaired) electrons. The van der Waals surface area contributed by atoms with Crippen LogP contribution in [0.5, 0.6) is 0 Å². The maximum Gasteiger partial charge on any atom is 0.405 e. The molecule has 0 heterocycles. The first-order valence-electron chi connectivity index (χ1n) is 13.2. The van der Waals surface area contributed by atoms with Crippen LogP contribution < -0.4 is 5.73 Å². The molecule has 42 heavy (non-hydrogen) atoms. The molecule has 1 aliphatic carbocycles. The summed E-state index contributed by atoms with van der Waals surface area (Å²) in [4.78, 5) is 11.6. The fourth-order valence-corrected chi connectivity index (χ4v) is 7.58. The molecule has 4 unspecified atom stereocenters. The molecule has 0 fully saturated rings. The smallest absolute Gasteiger partial charge is 0.401 e. The van der Waals surface area contributed by atoms with Crippen molar-refractivity contribution in [3.05, 3.63) is 149 Å². The SMILES string of the molecule is COC1(F)C(c2ccccc2)=C(N)C(c2ccccc2)(C(F)(F)F)C(C(C)=O)(c2ccccc2)C1(Cl)c1ccccc1. The number of ketones is 1. The number of halogens is 5. The zero-order chi connectivity index (χ0) is 30.4. The van der Waals surface area contributed by atoms with E-state index in [1.54, 1.807) is 36.4 Å². The number of rotatable bonds is 6. The van der Waals surface area contributed by atoms with Crippen molar-refractivity contribution in [2.24, 2.45) is 5.73 Å². The molecular weight excluding hydrogens is 566 g/mol. The Kier molecular flexibility index (Phi) is 7.32. The molecule has 0 amide bonds. The highest BCUT2D eigenvalue weighted by molar-refractivity contribution is 6.30. The first-order valence-corrected chi connectivity index (χ1v) is 13.6. The number of benzene rings is 4. The fraction of sp³-hybridized carbons (Fsp3) is 0.206. The van der Waals surface area contributed by atoms with E-state index in [0.717, 1.165) is 14.0 Å². The third kappa shape index (κ3) is 3.59. The number of nitrogens with two attached hydrogens (primary N) is 1. The molecule has 4 atom stereocenters. The lowest BCUT2D eigenvalue weighted by molar-refractivity contribution is -0.228. The van der Waals surface area contributed by atoms with E-state index in [2.05, 4.69) is 0 Å². The quantitative estimate of drug-likeness (QED) is 0.183. The molecule has 2 N–H and O–H groups in total. The summed E-state index contributed by atoms with van der Waals surface area (Å²) in [5.74, 6) is -4.31. The van der Waals surface area contributed by atoms with Gasteiger partial charge < -0.3 is 10.5 Å². The summed E-state index contributed by atoms with van der Waals surface area (Å²) < 4.78 is 73.5. The van der Waals surface area contributed by atoms with Crippen LogP contribution >= 0.6 is 11.6 Å². The van der Waals surface area contributed by atoms with E-state index in [4.69, 9.17) is 22.1 Å². The van der Waals surface area contributed by atoms with Crippen molar-refractivity contribution in [3.63, 3.8) is 0 Å². The lowest BCUT2D eigenvalue weighted by Crippen LogP contribution is -2.78. The minimum Gasteiger partial charge on any atom is -0.401 e. The number of alkyl halides is 5. The zero-order valence-corrected chi connectivity index (χ0v) is 23.6. The maximum absolute atomic E-state index is 18.4. The van der Waals surface area contributed by atoms with Gasteiger partial charge in [-0.05, 0) is 29.2 Å². The molecule has 1 aliphatic rings. The van der Waals surface area contributed by atoms with Gasteiger partial charge in [-0.25, -0.2) is 4.39 Å². The van der Waals surface area contributed by atoms with Crippen molar-refractivity contribution >= 4 is 23.0 Å². The standard InChI is InChI=1S/C34H28ClF4NO2/c1-23(41)30(25-17-9-4-10-18-25)31(34(37,38)39,26-19-11-5-12-20-26)29(40)28(24-15-7-3-8-16-24)33(36,42-2)32(30,35)27-21-13-6-14-22-27/h3-22H,40H2,1-2H3. The predicted octanol–water partition coefficient (Wildman–Crippen LogP) is 7.84. The normalized spacial score (nSPS) is 28.0. The summed E-state index contributed by atoms with van der Waals surface area (Å²) in [6.45, 7) is 0.993. The number of Topliss-reactive ketones (excluding diaryl/α,β-unsaturated/α-hetero) is 1. The molecule has 5 rings (SSSR count). The Morgan fingerprint density at radius 1 is 0.738 bits per heavy atom. The van der Waals surface area contributed by atoms with Crippen LogP contribution in [0.1, 0.15) is 29.2 Å². The van der Waals surface area contributed by atoms with Gasteiger partial charge in [0.25, 0.3) is 5.85 Å². The minimum absolute atomic E-state index is 0.0232. The Morgan fingerprint density at radius 2 is 1.14 bits per heavy atom. The summed E-state index contributed by atoms with van der Waals surface area (Å²) in [7, 11) is 1.01. The molecule has 216 valence electrons. The summed E-state index contributed by atoms with van der Waals surface area (Å²) in [6.07, 6.45) is -5.29. The van der Waals surface area contributed by atoms with Gasteiger partial charge in [0.1, 0.15) is 16.6 Å². The second kappa shape index (κ2) is 10.4. The number of allylic oxidation sites excluding steroid dienone is 1. The molecule has 0 spiro atoms. The molecule has 8 heteroatoms. The van der Waals surface area contributed by atoms with Gasteiger partial charge in [0.05, 0.1) is 0 Å². The summed E-state index contributed by atoms with van der Waals surface area (Å²) >= 11 is 7.60. The van der Waals surface area contributed by atoms with E-state index < -0.39 is 44.8 Å². The Labute approximate surface area is 246 Å². The van der Waals surface area contributed by atoms with Gasteiger partial charge in [-0.1, -0.05) is 121 Å². The number of ether oxygens (including phenoxy) is 1. The molecular formula is C34H28ClF4NO2. The van der Waals surface area contributed by atoms with Crippen LogP contribution in [0.15, 0.2) is 127 Å². The molecule has 0 bridgehead atoms. The van der Waals surface area contributed by atoms with Gasteiger partial charge in [-0.15, -0.1) is 11.6 Å². The van der Waals surface area contributed by atoms with Crippen LogP contribution in [0.4, 0.5) is 17.6 Å². The number of hydrogen-bond acceptors (Lipinski definition) is 3. The van der Waals surface area contributed by atoms with Crippen LogP contribution in [0, 0.1) is 0 Å². The number of carbonyl (C=O) groups excluding carboxylic acids is 1. The highest BCUT2D eigenvalue weighted by Gasteiger charge is 2.86. The van der Waals surface area contributed by atoms with Crippen molar-refractivity contribution in [2.75, 3.05) is 7.11 Å². The lowest BCUT2D eigenvalue weighted by atomic mass is 9.42. The third-order valence-electron chi connectivity index (χ3n) is 8.40. The van der Waals surface area contributed by atoms with E-state index >= 15 is 17.6 Å². The van der Waals surface area contributed by atoms with Gasteiger partial charge in [0.2, 0.25) is 0 Å². The Bertz CT molecular complexity index is 1620. The maximum atomic E-state index is 18.4. The molecule has 0 aromatic heterocycles. The second-order valence-electron chi connectivity index (χ2n) is 10.3. The van der Waals surface area contributed by atoms with Gasteiger partial charge in [-0.2, -0.15) is 13.2 Å². The summed E-state index contributed by atoms with van der Waals surface area (Å²) in [5, 5.41) is 0. The molecule has 4 aromatic carbocycles. The van der Waals surface area contributed by atoms with Crippen molar-refractivity contribution in [2.45, 2.75) is 34.7 Å². The zero-order valence-electron chi connectivity index (χ0n) is 22.8. The first kappa shape index (κ1) is 29.5. The first-order chi connectivity index (χ1) is 20.0. The highest BCUT2D eigenvalue weighted by atomic mass is 35.5. The van der Waals surface area contributed by atoms with Crippen LogP contribution in [0.2, 0.25) is 0 Å². The average molecular weight is 594 g/mol. The van der Waals surface area contributed by atoms with Gasteiger partial charge in [-0.3, -0.25) is 4.79 Å². The summed E-state index contributed by atoms with van der Waals surface area (Å²) in [5.41, 5.74) is -1.73. The minimum atomic E-state index is -5.29. The average Bonchev–Trinajstić information content (AvgIpc) is 3.00. The van der Waals surface area contributed by atoms with E-state index in [1.807, 2.05) is 0 Å². The third-order valence-corrected chi connectivity index (χ3v) is 9.14.